The molecule has 1 aromatic heterocycles. The maximum Gasteiger partial charge on any atom is 0.204 e. The lowest BCUT2D eigenvalue weighted by atomic mass is 10.2. The summed E-state index contributed by atoms with van der Waals surface area (Å²) < 4.78 is 0. The normalized spacial score (nSPS) is 12.6. The number of aliphatic hydroxyl groups excluding tert-OH is 1. The molecule has 5 heteroatoms. The van der Waals surface area contributed by atoms with Crippen LogP contribution in [0.25, 0.3) is 11.4 Å². The van der Waals surface area contributed by atoms with Gasteiger partial charge in [0.1, 0.15) is 0 Å². The standard InChI is InChI=1S/C11H14N4O/c1-9(16)7-8-15-13-11(12-14-15)10-5-3-2-4-6-10/h2-6,9,16H,7-8H2,1H3/t9-/m0/s1. The van der Waals surface area contributed by atoms with Crippen LogP contribution < -0.4 is 0 Å². The Labute approximate surface area is 93.7 Å². The first kappa shape index (κ1) is 10.8. The Morgan fingerprint density at radius 1 is 1.31 bits per heavy atom. The van der Waals surface area contributed by atoms with E-state index in [2.05, 4.69) is 15.4 Å². The summed E-state index contributed by atoms with van der Waals surface area (Å²) in [7, 11) is 0. The van der Waals surface area contributed by atoms with Crippen LogP contribution in [-0.2, 0) is 6.54 Å². The molecule has 0 amide bonds. The topological polar surface area (TPSA) is 63.8 Å². The van der Waals surface area contributed by atoms with Crippen LogP contribution in [0, 0.1) is 0 Å². The van der Waals surface area contributed by atoms with Crippen LogP contribution in [0.1, 0.15) is 13.3 Å². The van der Waals surface area contributed by atoms with Crippen molar-refractivity contribution in [3.63, 3.8) is 0 Å². The van der Waals surface area contributed by atoms with Gasteiger partial charge in [-0.15, -0.1) is 10.2 Å². The van der Waals surface area contributed by atoms with Gasteiger partial charge < -0.3 is 5.11 Å². The molecule has 1 heterocycles. The molecular weight excluding hydrogens is 204 g/mol. The third-order valence-corrected chi connectivity index (χ3v) is 2.23. The maximum absolute atomic E-state index is 9.15. The third-order valence-electron chi connectivity index (χ3n) is 2.23. The van der Waals surface area contributed by atoms with Crippen LogP contribution in [0.15, 0.2) is 30.3 Å². The second-order valence-corrected chi connectivity index (χ2v) is 3.71. The third kappa shape index (κ3) is 2.64. The first-order valence-corrected chi connectivity index (χ1v) is 5.27. The van der Waals surface area contributed by atoms with Crippen molar-refractivity contribution >= 4 is 0 Å². The number of nitrogens with zero attached hydrogens (tertiary/aromatic N) is 4. The van der Waals surface area contributed by atoms with E-state index < -0.39 is 0 Å². The molecule has 0 bridgehead atoms. The van der Waals surface area contributed by atoms with Crippen LogP contribution in [0.3, 0.4) is 0 Å². The minimum Gasteiger partial charge on any atom is -0.393 e. The van der Waals surface area contributed by atoms with Crippen LogP contribution in [0.2, 0.25) is 0 Å². The summed E-state index contributed by atoms with van der Waals surface area (Å²) in [5, 5.41) is 21.3. The SMILES string of the molecule is C[C@H](O)CCn1nnc(-c2ccccc2)n1. The molecule has 2 rings (SSSR count). The molecule has 0 saturated heterocycles. The van der Waals surface area contributed by atoms with Crippen molar-refractivity contribution in [3.8, 4) is 11.4 Å². The predicted octanol–water partition coefficient (Wildman–Crippen LogP) is 1.11. The highest BCUT2D eigenvalue weighted by Gasteiger charge is 2.05. The van der Waals surface area contributed by atoms with E-state index in [4.69, 9.17) is 5.11 Å². The molecule has 84 valence electrons. The lowest BCUT2D eigenvalue weighted by Gasteiger charge is -2.00. The number of hydrogen-bond acceptors (Lipinski definition) is 4. The van der Waals surface area contributed by atoms with E-state index in [0.717, 1.165) is 5.56 Å². The van der Waals surface area contributed by atoms with Gasteiger partial charge in [-0.2, -0.15) is 4.80 Å². The van der Waals surface area contributed by atoms with E-state index in [1.807, 2.05) is 30.3 Å². The zero-order chi connectivity index (χ0) is 11.4. The minimum absolute atomic E-state index is 0.342. The molecule has 0 aliphatic carbocycles. The zero-order valence-corrected chi connectivity index (χ0v) is 9.11. The predicted molar refractivity (Wildman–Crippen MR) is 59.6 cm³/mol. The second-order valence-electron chi connectivity index (χ2n) is 3.71. The van der Waals surface area contributed by atoms with Gasteiger partial charge in [-0.25, -0.2) is 0 Å². The fraction of sp³-hybridized carbons (Fsp3) is 0.364. The van der Waals surface area contributed by atoms with Crippen LogP contribution in [0.4, 0.5) is 0 Å². The van der Waals surface area contributed by atoms with Gasteiger partial charge >= 0.3 is 0 Å². The number of benzene rings is 1. The molecule has 2 aromatic rings. The van der Waals surface area contributed by atoms with Gasteiger partial charge in [-0.3, -0.25) is 0 Å². The van der Waals surface area contributed by atoms with Crippen molar-refractivity contribution in [2.45, 2.75) is 26.0 Å². The summed E-state index contributed by atoms with van der Waals surface area (Å²) in [6.45, 7) is 2.33. The largest absolute Gasteiger partial charge is 0.393 e. The summed E-state index contributed by atoms with van der Waals surface area (Å²) in [4.78, 5) is 1.51. The number of aryl methyl sites for hydroxylation is 1. The second kappa shape index (κ2) is 4.85. The first-order valence-electron chi connectivity index (χ1n) is 5.27. The highest BCUT2D eigenvalue weighted by atomic mass is 16.3. The molecule has 0 aliphatic rings. The van der Waals surface area contributed by atoms with Crippen molar-refractivity contribution in [2.75, 3.05) is 0 Å². The van der Waals surface area contributed by atoms with E-state index in [0.29, 0.717) is 18.8 Å². The van der Waals surface area contributed by atoms with Gasteiger partial charge in [0.05, 0.1) is 12.6 Å². The Kier molecular flexibility index (Phi) is 3.26. The Morgan fingerprint density at radius 3 is 2.75 bits per heavy atom. The van der Waals surface area contributed by atoms with E-state index in [9.17, 15) is 0 Å². The van der Waals surface area contributed by atoms with E-state index >= 15 is 0 Å². The summed E-state index contributed by atoms with van der Waals surface area (Å²) in [5.74, 6) is 0.617. The quantitative estimate of drug-likeness (QED) is 0.835. The Bertz CT molecular complexity index is 438. The molecule has 0 fully saturated rings. The average Bonchev–Trinajstić information content (AvgIpc) is 2.76. The smallest absolute Gasteiger partial charge is 0.204 e. The van der Waals surface area contributed by atoms with Crippen LogP contribution in [-0.4, -0.2) is 31.4 Å². The summed E-state index contributed by atoms with van der Waals surface area (Å²) >= 11 is 0. The molecule has 0 saturated carbocycles. The van der Waals surface area contributed by atoms with Gasteiger partial charge in [0, 0.05) is 5.56 Å². The van der Waals surface area contributed by atoms with Crippen molar-refractivity contribution in [2.24, 2.45) is 0 Å². The van der Waals surface area contributed by atoms with Gasteiger partial charge in [0.25, 0.3) is 0 Å². The molecule has 0 radical (unpaired) electrons. The molecular formula is C11H14N4O. The molecule has 1 N–H and O–H groups in total. The van der Waals surface area contributed by atoms with Gasteiger partial charge in [-0.1, -0.05) is 30.3 Å². The Balaban J connectivity index is 2.08. The molecule has 0 spiro atoms. The molecule has 5 nitrogen and oxygen atoms in total. The number of tetrazole rings is 1. The van der Waals surface area contributed by atoms with Crippen molar-refractivity contribution in [1.82, 2.24) is 20.2 Å². The van der Waals surface area contributed by atoms with Crippen molar-refractivity contribution < 1.29 is 5.11 Å². The molecule has 0 unspecified atom stereocenters. The molecule has 1 aromatic carbocycles. The van der Waals surface area contributed by atoms with Crippen molar-refractivity contribution in [1.29, 1.82) is 0 Å². The molecule has 16 heavy (non-hydrogen) atoms. The summed E-state index contributed by atoms with van der Waals surface area (Å²) in [6.07, 6.45) is 0.288. The van der Waals surface area contributed by atoms with Gasteiger partial charge in [0.15, 0.2) is 0 Å². The van der Waals surface area contributed by atoms with Crippen LogP contribution in [0.5, 0.6) is 0 Å². The fourth-order valence-electron chi connectivity index (χ4n) is 1.34. The Morgan fingerprint density at radius 2 is 2.06 bits per heavy atom. The van der Waals surface area contributed by atoms with Crippen LogP contribution >= 0.6 is 0 Å². The monoisotopic (exact) mass is 218 g/mol. The van der Waals surface area contributed by atoms with E-state index in [1.165, 1.54) is 4.80 Å². The maximum atomic E-state index is 9.15. The number of hydrogen-bond donors (Lipinski definition) is 1. The zero-order valence-electron chi connectivity index (χ0n) is 9.11. The van der Waals surface area contributed by atoms with Gasteiger partial charge in [0.2, 0.25) is 5.82 Å². The number of aromatic nitrogens is 4. The van der Waals surface area contributed by atoms with E-state index in [1.54, 1.807) is 6.92 Å². The number of aliphatic hydroxyl groups is 1. The highest BCUT2D eigenvalue weighted by molar-refractivity contribution is 5.52. The number of rotatable bonds is 4. The minimum atomic E-state index is -0.342. The first-order chi connectivity index (χ1) is 7.75. The van der Waals surface area contributed by atoms with Gasteiger partial charge in [-0.05, 0) is 18.6 Å². The lowest BCUT2D eigenvalue weighted by Crippen LogP contribution is -2.09. The average molecular weight is 218 g/mol. The van der Waals surface area contributed by atoms with E-state index in [-0.39, 0.29) is 6.10 Å². The lowest BCUT2D eigenvalue weighted by molar-refractivity contribution is 0.173. The van der Waals surface area contributed by atoms with Crippen molar-refractivity contribution in [3.05, 3.63) is 30.3 Å². The summed E-state index contributed by atoms with van der Waals surface area (Å²) in [5.41, 5.74) is 0.950. The molecule has 0 aliphatic heterocycles. The molecule has 1 atom stereocenters. The fourth-order valence-corrected chi connectivity index (χ4v) is 1.34. The highest BCUT2D eigenvalue weighted by Crippen LogP contribution is 2.11. The Hall–Kier alpha value is -1.75. The summed E-state index contributed by atoms with van der Waals surface area (Å²) in [6, 6.07) is 9.70.